The highest BCUT2D eigenvalue weighted by Crippen LogP contribution is 2.42. The smallest absolute Gasteiger partial charge is 0.143 e. The third-order valence-electron chi connectivity index (χ3n) is 10.4. The van der Waals surface area contributed by atoms with Gasteiger partial charge in [-0.1, -0.05) is 170 Å². The first-order valence-corrected chi connectivity index (χ1v) is 17.8. The Kier molecular flexibility index (Phi) is 7.25. The highest BCUT2D eigenvalue weighted by molar-refractivity contribution is 6.26. The first-order valence-electron chi connectivity index (χ1n) is 17.8. The summed E-state index contributed by atoms with van der Waals surface area (Å²) in [7, 11) is 0. The standard InChI is InChI=1S/C50H33NO/c1-3-13-33(14-4-1)37-27-30-46(38-26-25-34-15-7-8-18-36(34)31-38)51-47(32-37)44-22-12-24-48-49(44)45-23-11-21-43(50(45)52-48)42-29-28-39(35-16-5-2-6-17-35)40-19-9-10-20-41(40)42/h1-26,28-32H,27H2. The third kappa shape index (κ3) is 5.16. The van der Waals surface area contributed by atoms with Crippen molar-refractivity contribution in [3.8, 4) is 22.3 Å². The minimum Gasteiger partial charge on any atom is -0.455 e. The molecule has 0 N–H and O–H groups in total. The first kappa shape index (κ1) is 30.1. The maximum Gasteiger partial charge on any atom is 0.143 e. The van der Waals surface area contributed by atoms with E-state index in [1.165, 1.54) is 43.8 Å². The van der Waals surface area contributed by atoms with Gasteiger partial charge < -0.3 is 4.42 Å². The molecular weight excluding hydrogens is 631 g/mol. The largest absolute Gasteiger partial charge is 0.455 e. The second-order valence-corrected chi connectivity index (χ2v) is 13.4. The molecule has 0 saturated carbocycles. The van der Waals surface area contributed by atoms with Crippen molar-refractivity contribution in [3.63, 3.8) is 0 Å². The van der Waals surface area contributed by atoms with E-state index >= 15 is 0 Å². The zero-order valence-electron chi connectivity index (χ0n) is 28.5. The topological polar surface area (TPSA) is 25.5 Å². The van der Waals surface area contributed by atoms with Crippen LogP contribution in [0.1, 0.15) is 23.1 Å². The minimum atomic E-state index is 0.775. The van der Waals surface area contributed by atoms with Crippen LogP contribution in [0.5, 0.6) is 0 Å². The summed E-state index contributed by atoms with van der Waals surface area (Å²) >= 11 is 0. The molecule has 2 heteroatoms. The zero-order chi connectivity index (χ0) is 34.4. The Balaban J connectivity index is 1.17. The van der Waals surface area contributed by atoms with Crippen LogP contribution in [-0.2, 0) is 0 Å². The van der Waals surface area contributed by atoms with Gasteiger partial charge >= 0.3 is 0 Å². The molecule has 10 rings (SSSR count). The lowest BCUT2D eigenvalue weighted by Gasteiger charge is -2.12. The fraction of sp³-hybridized carbons (Fsp3) is 0.0200. The average molecular weight is 664 g/mol. The van der Waals surface area contributed by atoms with E-state index in [0.717, 1.165) is 62.0 Å². The molecule has 0 saturated heterocycles. The van der Waals surface area contributed by atoms with E-state index in [0.29, 0.717) is 0 Å². The molecular formula is C50H33NO. The van der Waals surface area contributed by atoms with E-state index in [2.05, 4.69) is 188 Å². The Morgan fingerprint density at radius 2 is 1.10 bits per heavy atom. The average Bonchev–Trinajstić information content (AvgIpc) is 3.46. The molecule has 8 aromatic carbocycles. The van der Waals surface area contributed by atoms with Crippen LogP contribution >= 0.6 is 0 Å². The van der Waals surface area contributed by atoms with Crippen molar-refractivity contribution in [2.75, 3.05) is 0 Å². The van der Waals surface area contributed by atoms with Gasteiger partial charge in [0.1, 0.15) is 11.2 Å². The van der Waals surface area contributed by atoms with E-state index in [-0.39, 0.29) is 0 Å². The van der Waals surface area contributed by atoms with Gasteiger partial charge in [-0.2, -0.15) is 0 Å². The minimum absolute atomic E-state index is 0.775. The molecule has 1 aliphatic heterocycles. The highest BCUT2D eigenvalue weighted by Gasteiger charge is 2.20. The molecule has 0 radical (unpaired) electrons. The van der Waals surface area contributed by atoms with Crippen LogP contribution < -0.4 is 0 Å². The summed E-state index contributed by atoms with van der Waals surface area (Å²) in [6, 6.07) is 62.5. The number of allylic oxidation sites excluding steroid dienone is 3. The fourth-order valence-electron chi connectivity index (χ4n) is 7.84. The van der Waals surface area contributed by atoms with Crippen molar-refractivity contribution in [1.29, 1.82) is 0 Å². The predicted molar refractivity (Wildman–Crippen MR) is 220 cm³/mol. The van der Waals surface area contributed by atoms with Gasteiger partial charge in [-0.15, -0.1) is 0 Å². The number of rotatable bonds is 5. The lowest BCUT2D eigenvalue weighted by atomic mass is 9.91. The normalized spacial score (nSPS) is 13.3. The van der Waals surface area contributed by atoms with Crippen LogP contribution in [0.15, 0.2) is 197 Å². The number of fused-ring (bicyclic) bond motifs is 5. The van der Waals surface area contributed by atoms with Crippen molar-refractivity contribution < 1.29 is 4.42 Å². The second-order valence-electron chi connectivity index (χ2n) is 13.4. The molecule has 0 fully saturated rings. The molecule has 2 heterocycles. The molecule has 244 valence electrons. The molecule has 9 aromatic rings. The van der Waals surface area contributed by atoms with Gasteiger partial charge in [0.2, 0.25) is 0 Å². The van der Waals surface area contributed by atoms with E-state index in [1.807, 2.05) is 0 Å². The number of aliphatic imine (C=N–C) groups is 1. The van der Waals surface area contributed by atoms with E-state index in [4.69, 9.17) is 9.41 Å². The predicted octanol–water partition coefficient (Wildman–Crippen LogP) is 13.5. The lowest BCUT2D eigenvalue weighted by Crippen LogP contribution is -1.99. The monoisotopic (exact) mass is 663 g/mol. The fourth-order valence-corrected chi connectivity index (χ4v) is 7.84. The van der Waals surface area contributed by atoms with Crippen molar-refractivity contribution >= 4 is 60.5 Å². The maximum atomic E-state index is 6.85. The van der Waals surface area contributed by atoms with Crippen molar-refractivity contribution in [2.24, 2.45) is 4.99 Å². The Bertz CT molecular complexity index is 2910. The third-order valence-corrected chi connectivity index (χ3v) is 10.4. The molecule has 0 spiro atoms. The summed E-state index contributed by atoms with van der Waals surface area (Å²) in [6.45, 7) is 0. The summed E-state index contributed by atoms with van der Waals surface area (Å²) in [6.07, 6.45) is 5.32. The highest BCUT2D eigenvalue weighted by atomic mass is 16.3. The van der Waals surface area contributed by atoms with Crippen molar-refractivity contribution in [3.05, 3.63) is 205 Å². The molecule has 1 aliphatic rings. The SMILES string of the molecule is C1=C(c2ccccc2)CC=C(c2ccc3ccccc3c2)N=C1c1cccc2oc3c(-c4ccc(-c5ccccc5)c5ccccc45)cccc3c12. The maximum absolute atomic E-state index is 6.85. The molecule has 0 unspecified atom stereocenters. The Morgan fingerprint density at radius 1 is 0.442 bits per heavy atom. The number of benzene rings is 8. The van der Waals surface area contributed by atoms with Crippen LogP contribution in [0.25, 0.3) is 77.0 Å². The Labute approximate surface area is 302 Å². The number of hydrogen-bond acceptors (Lipinski definition) is 2. The summed E-state index contributed by atoms with van der Waals surface area (Å²) in [4.78, 5) is 5.45. The van der Waals surface area contributed by atoms with Crippen molar-refractivity contribution in [2.45, 2.75) is 6.42 Å². The molecule has 0 bridgehead atoms. The summed E-state index contributed by atoms with van der Waals surface area (Å²) < 4.78 is 6.85. The second kappa shape index (κ2) is 12.5. The van der Waals surface area contributed by atoms with Gasteiger partial charge in [-0.3, -0.25) is 0 Å². The van der Waals surface area contributed by atoms with Crippen LogP contribution in [0.2, 0.25) is 0 Å². The summed E-state index contributed by atoms with van der Waals surface area (Å²) in [5.74, 6) is 0. The van der Waals surface area contributed by atoms with Crippen LogP contribution in [0, 0.1) is 0 Å². The quantitative estimate of drug-likeness (QED) is 0.180. The van der Waals surface area contributed by atoms with Crippen LogP contribution in [-0.4, -0.2) is 5.71 Å². The van der Waals surface area contributed by atoms with Crippen LogP contribution in [0.3, 0.4) is 0 Å². The van der Waals surface area contributed by atoms with Gasteiger partial charge in [0.15, 0.2) is 0 Å². The van der Waals surface area contributed by atoms with E-state index < -0.39 is 0 Å². The van der Waals surface area contributed by atoms with Gasteiger partial charge in [0.25, 0.3) is 0 Å². The van der Waals surface area contributed by atoms with Gasteiger partial charge in [-0.25, -0.2) is 4.99 Å². The molecule has 1 aromatic heterocycles. The Hall–Kier alpha value is -6.77. The summed E-state index contributed by atoms with van der Waals surface area (Å²) in [5, 5.41) is 7.01. The Morgan fingerprint density at radius 3 is 1.92 bits per heavy atom. The molecule has 0 aliphatic carbocycles. The zero-order valence-corrected chi connectivity index (χ0v) is 28.5. The first-order chi connectivity index (χ1) is 25.8. The van der Waals surface area contributed by atoms with E-state index in [9.17, 15) is 0 Å². The number of furan rings is 1. The van der Waals surface area contributed by atoms with Gasteiger partial charge in [0.05, 0.1) is 11.4 Å². The molecule has 2 nitrogen and oxygen atoms in total. The number of para-hydroxylation sites is 1. The number of hydrogen-bond donors (Lipinski definition) is 0. The van der Waals surface area contributed by atoms with Gasteiger partial charge in [-0.05, 0) is 74.0 Å². The summed E-state index contributed by atoms with van der Waals surface area (Å²) in [5.41, 5.74) is 12.9. The van der Waals surface area contributed by atoms with Crippen LogP contribution in [0.4, 0.5) is 0 Å². The number of nitrogens with zero attached hydrogens (tertiary/aromatic N) is 1. The van der Waals surface area contributed by atoms with E-state index in [1.54, 1.807) is 0 Å². The molecule has 0 atom stereocenters. The van der Waals surface area contributed by atoms with Crippen molar-refractivity contribution in [1.82, 2.24) is 0 Å². The lowest BCUT2D eigenvalue weighted by molar-refractivity contribution is 0.670. The van der Waals surface area contributed by atoms with Gasteiger partial charge in [0, 0.05) is 27.5 Å². The molecule has 52 heavy (non-hydrogen) atoms. The molecule has 0 amide bonds.